The summed E-state index contributed by atoms with van der Waals surface area (Å²) >= 11 is 0. The van der Waals surface area contributed by atoms with E-state index in [1.54, 1.807) is 0 Å². The largest absolute Gasteiger partial charge is 0.416 e. The SMILES string of the molecule is NC(=O)C(=Cn1nc(-c2ccc(C(F)(F)F)cc2)nc1-c1ccc(C(F)(F)F)cc1)c1cncc(F)c1. The van der Waals surface area contributed by atoms with Crippen LogP contribution in [0.15, 0.2) is 67.0 Å². The first kappa shape index (κ1) is 25.5. The van der Waals surface area contributed by atoms with Crippen LogP contribution in [0.1, 0.15) is 16.7 Å². The lowest BCUT2D eigenvalue weighted by molar-refractivity contribution is -0.138. The molecule has 1 amide bonds. The second-order valence-electron chi connectivity index (χ2n) is 7.65. The third-order valence-corrected chi connectivity index (χ3v) is 5.10. The third-order valence-electron chi connectivity index (χ3n) is 5.10. The van der Waals surface area contributed by atoms with E-state index >= 15 is 0 Å². The second kappa shape index (κ2) is 9.48. The molecule has 0 aliphatic carbocycles. The van der Waals surface area contributed by atoms with Crippen LogP contribution in [-0.4, -0.2) is 25.7 Å². The van der Waals surface area contributed by atoms with Gasteiger partial charge in [-0.1, -0.05) is 24.3 Å². The van der Waals surface area contributed by atoms with Gasteiger partial charge in [-0.15, -0.1) is 5.10 Å². The number of amides is 1. The van der Waals surface area contributed by atoms with E-state index in [2.05, 4.69) is 15.1 Å². The maximum absolute atomic E-state index is 13.7. The number of nitrogens with zero attached hydrogens (tertiary/aromatic N) is 4. The number of pyridine rings is 1. The van der Waals surface area contributed by atoms with Gasteiger partial charge in [-0.3, -0.25) is 9.78 Å². The van der Waals surface area contributed by atoms with Gasteiger partial charge < -0.3 is 5.73 Å². The molecule has 190 valence electrons. The summed E-state index contributed by atoms with van der Waals surface area (Å²) in [6, 6.07) is 8.69. The van der Waals surface area contributed by atoms with Crippen LogP contribution in [-0.2, 0) is 17.1 Å². The Labute approximate surface area is 203 Å². The number of primary amides is 1. The smallest absolute Gasteiger partial charge is 0.366 e. The van der Waals surface area contributed by atoms with Crippen molar-refractivity contribution in [3.8, 4) is 22.8 Å². The van der Waals surface area contributed by atoms with Crippen molar-refractivity contribution in [1.29, 1.82) is 0 Å². The van der Waals surface area contributed by atoms with Crippen LogP contribution in [0.2, 0.25) is 0 Å². The highest BCUT2D eigenvalue weighted by Crippen LogP contribution is 2.33. The lowest BCUT2D eigenvalue weighted by Crippen LogP contribution is -2.14. The van der Waals surface area contributed by atoms with E-state index in [0.717, 1.165) is 77.9 Å². The molecule has 4 rings (SSSR count). The molecule has 6 nitrogen and oxygen atoms in total. The number of hydrogen-bond acceptors (Lipinski definition) is 4. The molecule has 4 aromatic rings. The highest BCUT2D eigenvalue weighted by molar-refractivity contribution is 6.22. The Kier molecular flexibility index (Phi) is 6.55. The van der Waals surface area contributed by atoms with Crippen LogP contribution in [0, 0.1) is 5.82 Å². The van der Waals surface area contributed by atoms with Crippen molar-refractivity contribution in [2.24, 2.45) is 5.73 Å². The van der Waals surface area contributed by atoms with Gasteiger partial charge in [0.15, 0.2) is 11.6 Å². The number of carbonyl (C=O) groups excluding carboxylic acids is 1. The molecule has 0 radical (unpaired) electrons. The molecule has 0 saturated heterocycles. The van der Waals surface area contributed by atoms with Crippen LogP contribution >= 0.6 is 0 Å². The van der Waals surface area contributed by atoms with Gasteiger partial charge in [-0.25, -0.2) is 14.1 Å². The number of rotatable bonds is 5. The highest BCUT2D eigenvalue weighted by atomic mass is 19.4. The van der Waals surface area contributed by atoms with E-state index in [1.165, 1.54) is 0 Å². The molecule has 0 saturated carbocycles. The van der Waals surface area contributed by atoms with E-state index in [9.17, 15) is 35.5 Å². The molecule has 0 atom stereocenters. The van der Waals surface area contributed by atoms with Crippen molar-refractivity contribution < 1.29 is 35.5 Å². The molecule has 37 heavy (non-hydrogen) atoms. The van der Waals surface area contributed by atoms with Crippen LogP contribution in [0.4, 0.5) is 30.7 Å². The number of nitrogens with two attached hydrogens (primary N) is 1. The van der Waals surface area contributed by atoms with Gasteiger partial charge in [0.2, 0.25) is 0 Å². The summed E-state index contributed by atoms with van der Waals surface area (Å²) in [4.78, 5) is 20.1. The van der Waals surface area contributed by atoms with E-state index in [4.69, 9.17) is 5.73 Å². The van der Waals surface area contributed by atoms with Crippen molar-refractivity contribution in [3.63, 3.8) is 0 Å². The van der Waals surface area contributed by atoms with Crippen molar-refractivity contribution >= 4 is 17.7 Å². The molecule has 2 aromatic carbocycles. The quantitative estimate of drug-likeness (QED) is 0.271. The molecule has 13 heteroatoms. The van der Waals surface area contributed by atoms with Crippen LogP contribution < -0.4 is 5.73 Å². The number of carbonyl (C=O) groups is 1. The lowest BCUT2D eigenvalue weighted by Gasteiger charge is -2.08. The van der Waals surface area contributed by atoms with E-state index in [0.29, 0.717) is 0 Å². The van der Waals surface area contributed by atoms with Crippen molar-refractivity contribution in [3.05, 3.63) is 89.5 Å². The van der Waals surface area contributed by atoms with E-state index in [1.807, 2.05) is 0 Å². The predicted molar refractivity (Wildman–Crippen MR) is 118 cm³/mol. The minimum atomic E-state index is -4.60. The summed E-state index contributed by atoms with van der Waals surface area (Å²) in [7, 11) is 0. The number of halogens is 7. The topological polar surface area (TPSA) is 86.7 Å². The number of hydrogen-bond donors (Lipinski definition) is 1. The fourth-order valence-corrected chi connectivity index (χ4v) is 3.31. The highest BCUT2D eigenvalue weighted by Gasteiger charge is 2.31. The summed E-state index contributed by atoms with van der Waals surface area (Å²) in [5, 5.41) is 4.19. The van der Waals surface area contributed by atoms with Gasteiger partial charge in [0.1, 0.15) is 5.82 Å². The first-order valence-electron chi connectivity index (χ1n) is 10.3. The van der Waals surface area contributed by atoms with E-state index < -0.39 is 35.2 Å². The molecular formula is C24H14F7N5O. The van der Waals surface area contributed by atoms with Gasteiger partial charge in [-0.05, 0) is 30.3 Å². The summed E-state index contributed by atoms with van der Waals surface area (Å²) in [6.45, 7) is 0. The lowest BCUT2D eigenvalue weighted by atomic mass is 10.1. The summed E-state index contributed by atoms with van der Waals surface area (Å²) in [5.74, 6) is -1.93. The molecule has 0 bridgehead atoms. The average molecular weight is 521 g/mol. The minimum absolute atomic E-state index is 0.0163. The average Bonchev–Trinajstić information content (AvgIpc) is 3.25. The fourth-order valence-electron chi connectivity index (χ4n) is 3.31. The summed E-state index contributed by atoms with van der Waals surface area (Å²) < 4.78 is 92.6. The van der Waals surface area contributed by atoms with Crippen LogP contribution in [0.25, 0.3) is 34.5 Å². The third kappa shape index (κ3) is 5.66. The number of benzene rings is 2. The Morgan fingerprint density at radius 2 is 1.38 bits per heavy atom. The summed E-state index contributed by atoms with van der Waals surface area (Å²) in [5.41, 5.74) is 3.63. The van der Waals surface area contributed by atoms with Gasteiger partial charge >= 0.3 is 12.4 Å². The molecule has 0 aliphatic rings. The van der Waals surface area contributed by atoms with Gasteiger partial charge in [0, 0.05) is 29.1 Å². The molecule has 2 aromatic heterocycles. The summed E-state index contributed by atoms with van der Waals surface area (Å²) in [6.07, 6.45) is -6.04. The Hall–Kier alpha value is -4.55. The van der Waals surface area contributed by atoms with Crippen molar-refractivity contribution in [2.45, 2.75) is 12.4 Å². The molecular weight excluding hydrogens is 507 g/mol. The van der Waals surface area contributed by atoms with Crippen molar-refractivity contribution in [1.82, 2.24) is 19.7 Å². The zero-order valence-electron chi connectivity index (χ0n) is 18.3. The first-order valence-corrected chi connectivity index (χ1v) is 10.3. The van der Waals surface area contributed by atoms with E-state index in [-0.39, 0.29) is 33.9 Å². The molecule has 0 fully saturated rings. The van der Waals surface area contributed by atoms with Crippen molar-refractivity contribution in [2.75, 3.05) is 0 Å². The Bertz CT molecular complexity index is 1470. The normalized spacial score (nSPS) is 12.6. The Morgan fingerprint density at radius 3 is 1.86 bits per heavy atom. The number of alkyl halides is 6. The first-order chi connectivity index (χ1) is 17.3. The standard InChI is InChI=1S/C24H14F7N5O/c25-18-9-15(10-33-11-18)19(20(32)37)12-36-22(14-3-7-17(8-4-14)24(29,30)31)34-21(35-36)13-1-5-16(6-2-13)23(26,27)28/h1-12H,(H2,32,37). The van der Waals surface area contributed by atoms with Crippen LogP contribution in [0.3, 0.4) is 0 Å². The van der Waals surface area contributed by atoms with Gasteiger partial charge in [0.05, 0.1) is 22.9 Å². The Morgan fingerprint density at radius 1 is 0.838 bits per heavy atom. The second-order valence-corrected chi connectivity index (χ2v) is 7.65. The molecule has 0 aliphatic heterocycles. The molecule has 2 heterocycles. The predicted octanol–water partition coefficient (Wildman–Crippen LogP) is 5.67. The minimum Gasteiger partial charge on any atom is -0.366 e. The maximum Gasteiger partial charge on any atom is 0.416 e. The fraction of sp³-hybridized carbons (Fsp3) is 0.0833. The zero-order chi connectivity index (χ0) is 27.0. The maximum atomic E-state index is 13.7. The molecule has 0 unspecified atom stereocenters. The van der Waals surface area contributed by atoms with Gasteiger partial charge in [-0.2, -0.15) is 26.3 Å². The molecule has 2 N–H and O–H groups in total. The zero-order valence-corrected chi connectivity index (χ0v) is 18.3. The van der Waals surface area contributed by atoms with Crippen LogP contribution in [0.5, 0.6) is 0 Å². The molecule has 0 spiro atoms. The monoisotopic (exact) mass is 521 g/mol. The van der Waals surface area contributed by atoms with Gasteiger partial charge in [0.25, 0.3) is 5.91 Å². The number of aromatic nitrogens is 4. The Balaban J connectivity index is 1.87.